The molecule has 0 saturated carbocycles. The van der Waals surface area contributed by atoms with E-state index in [0.717, 1.165) is 0 Å². The van der Waals surface area contributed by atoms with Crippen LogP contribution < -0.4 is 10.2 Å². The average Bonchev–Trinajstić information content (AvgIpc) is 2.79. The van der Waals surface area contributed by atoms with Gasteiger partial charge in [-0.1, -0.05) is 41.4 Å². The van der Waals surface area contributed by atoms with E-state index in [1.54, 1.807) is 72.5 Å². The van der Waals surface area contributed by atoms with Gasteiger partial charge in [0.2, 0.25) is 0 Å². The fourth-order valence-corrected chi connectivity index (χ4v) is 4.24. The van der Waals surface area contributed by atoms with Crippen LogP contribution in [0.2, 0.25) is 10.0 Å². The third kappa shape index (κ3) is 6.32. The van der Waals surface area contributed by atoms with Crippen LogP contribution in [0.5, 0.6) is 0 Å². The minimum atomic E-state index is -0.422. The van der Waals surface area contributed by atoms with E-state index in [2.05, 4.69) is 21.2 Å². The first-order chi connectivity index (χ1) is 15.8. The Kier molecular flexibility index (Phi) is 8.86. The predicted octanol–water partition coefficient (Wildman–Crippen LogP) is 6.65. The summed E-state index contributed by atoms with van der Waals surface area (Å²) in [6.07, 6.45) is 0. The number of nitrogens with one attached hydrogen (secondary N) is 1. The van der Waals surface area contributed by atoms with Crippen LogP contribution in [0.15, 0.2) is 71.2 Å². The van der Waals surface area contributed by atoms with Gasteiger partial charge in [-0.05, 0) is 83.6 Å². The van der Waals surface area contributed by atoms with Crippen LogP contribution in [0.25, 0.3) is 0 Å². The highest BCUT2D eigenvalue weighted by molar-refractivity contribution is 9.10. The molecular formula is C24H19BrCl2N2O3S. The first-order valence-electron chi connectivity index (χ1n) is 9.89. The van der Waals surface area contributed by atoms with Crippen molar-refractivity contribution in [3.8, 4) is 0 Å². The van der Waals surface area contributed by atoms with E-state index in [0.29, 0.717) is 36.9 Å². The van der Waals surface area contributed by atoms with Crippen molar-refractivity contribution in [1.29, 1.82) is 0 Å². The number of nitrogens with zero attached hydrogens (tertiary/aromatic N) is 1. The molecule has 1 amide bonds. The second-order valence-corrected chi connectivity index (χ2v) is 8.85. The van der Waals surface area contributed by atoms with E-state index < -0.39 is 5.97 Å². The minimum absolute atomic E-state index is 0.149. The maximum absolute atomic E-state index is 12.8. The molecule has 0 radical (unpaired) electrons. The van der Waals surface area contributed by atoms with E-state index in [1.807, 2.05) is 6.07 Å². The third-order valence-corrected chi connectivity index (χ3v) is 6.37. The van der Waals surface area contributed by atoms with Gasteiger partial charge in [0.05, 0.1) is 24.3 Å². The predicted molar refractivity (Wildman–Crippen MR) is 139 cm³/mol. The number of rotatable bonds is 6. The number of thiocarbonyl (C=S) groups is 1. The van der Waals surface area contributed by atoms with Crippen LogP contribution in [-0.2, 0) is 11.3 Å². The largest absolute Gasteiger partial charge is 0.462 e. The molecule has 9 heteroatoms. The van der Waals surface area contributed by atoms with E-state index >= 15 is 0 Å². The number of amides is 1. The average molecular weight is 566 g/mol. The molecule has 0 fully saturated rings. The summed E-state index contributed by atoms with van der Waals surface area (Å²) in [6.45, 7) is 2.22. The molecule has 0 aliphatic rings. The molecule has 5 nitrogen and oxygen atoms in total. The molecule has 0 bridgehead atoms. The Morgan fingerprint density at radius 3 is 2.24 bits per heavy atom. The smallest absolute Gasteiger partial charge is 0.338 e. The van der Waals surface area contributed by atoms with Gasteiger partial charge in [-0.2, -0.15) is 0 Å². The van der Waals surface area contributed by atoms with E-state index in [-0.39, 0.29) is 24.2 Å². The summed E-state index contributed by atoms with van der Waals surface area (Å²) in [6, 6.07) is 18.9. The highest BCUT2D eigenvalue weighted by Crippen LogP contribution is 2.28. The topological polar surface area (TPSA) is 58.6 Å². The van der Waals surface area contributed by atoms with Crippen molar-refractivity contribution in [2.75, 3.05) is 11.5 Å². The second kappa shape index (κ2) is 11.6. The van der Waals surface area contributed by atoms with Crippen LogP contribution >= 0.6 is 51.3 Å². The lowest BCUT2D eigenvalue weighted by atomic mass is 10.1. The van der Waals surface area contributed by atoms with Crippen molar-refractivity contribution >= 4 is 74.0 Å². The quantitative estimate of drug-likeness (QED) is 0.268. The summed E-state index contributed by atoms with van der Waals surface area (Å²) >= 11 is 21.7. The molecule has 3 aromatic carbocycles. The highest BCUT2D eigenvalue weighted by atomic mass is 79.9. The fraction of sp³-hybridized carbons (Fsp3) is 0.125. The van der Waals surface area contributed by atoms with Crippen LogP contribution in [0.1, 0.15) is 33.2 Å². The summed E-state index contributed by atoms with van der Waals surface area (Å²) in [5.74, 6) is -0.791. The Hall–Kier alpha value is -2.45. The molecule has 3 rings (SSSR count). The van der Waals surface area contributed by atoms with Crippen LogP contribution in [0.4, 0.5) is 5.69 Å². The molecule has 0 unspecified atom stereocenters. The molecule has 0 spiro atoms. The third-order valence-electron chi connectivity index (χ3n) is 4.65. The Morgan fingerprint density at radius 1 is 1.00 bits per heavy atom. The summed E-state index contributed by atoms with van der Waals surface area (Å²) in [5.41, 5.74) is 2.12. The monoisotopic (exact) mass is 564 g/mol. The number of hydrogen-bond donors (Lipinski definition) is 1. The van der Waals surface area contributed by atoms with Crippen molar-refractivity contribution in [2.24, 2.45) is 0 Å². The van der Waals surface area contributed by atoms with Gasteiger partial charge in [0.15, 0.2) is 5.11 Å². The number of carbonyl (C=O) groups excluding carboxylic acids is 2. The lowest BCUT2D eigenvalue weighted by Gasteiger charge is -2.27. The number of benzene rings is 3. The summed E-state index contributed by atoms with van der Waals surface area (Å²) in [5, 5.41) is 3.85. The maximum atomic E-state index is 12.8. The molecule has 33 heavy (non-hydrogen) atoms. The molecule has 0 aliphatic heterocycles. The molecule has 170 valence electrons. The number of halogens is 3. The van der Waals surface area contributed by atoms with E-state index in [9.17, 15) is 9.59 Å². The first kappa shape index (κ1) is 25.2. The summed E-state index contributed by atoms with van der Waals surface area (Å²) < 4.78 is 5.68. The van der Waals surface area contributed by atoms with Gasteiger partial charge in [0, 0.05) is 25.8 Å². The summed E-state index contributed by atoms with van der Waals surface area (Å²) in [7, 11) is 0. The van der Waals surface area contributed by atoms with Gasteiger partial charge in [-0.15, -0.1) is 0 Å². The number of anilines is 1. The molecule has 0 saturated heterocycles. The van der Waals surface area contributed by atoms with E-state index in [1.165, 1.54) is 0 Å². The number of carbonyl (C=O) groups is 2. The molecular weight excluding hydrogens is 547 g/mol. The zero-order valence-electron chi connectivity index (χ0n) is 17.5. The van der Waals surface area contributed by atoms with Gasteiger partial charge in [-0.3, -0.25) is 10.1 Å². The van der Waals surface area contributed by atoms with Gasteiger partial charge >= 0.3 is 5.97 Å². The normalized spacial score (nSPS) is 10.4. The van der Waals surface area contributed by atoms with Crippen LogP contribution in [0, 0.1) is 0 Å². The van der Waals surface area contributed by atoms with Gasteiger partial charge < -0.3 is 9.64 Å². The minimum Gasteiger partial charge on any atom is -0.462 e. The lowest BCUT2D eigenvalue weighted by Crippen LogP contribution is -2.42. The molecule has 0 atom stereocenters. The number of hydrogen-bond acceptors (Lipinski definition) is 4. The van der Waals surface area contributed by atoms with Crippen molar-refractivity contribution in [3.05, 3.63) is 97.9 Å². The second-order valence-electron chi connectivity index (χ2n) is 6.79. The number of esters is 1. The van der Waals surface area contributed by atoms with Crippen molar-refractivity contribution in [3.63, 3.8) is 0 Å². The van der Waals surface area contributed by atoms with Crippen molar-refractivity contribution in [1.82, 2.24) is 5.32 Å². The fourth-order valence-electron chi connectivity index (χ4n) is 2.99. The van der Waals surface area contributed by atoms with Crippen molar-refractivity contribution < 1.29 is 14.3 Å². The van der Waals surface area contributed by atoms with Gasteiger partial charge in [0.25, 0.3) is 5.91 Å². The van der Waals surface area contributed by atoms with Crippen LogP contribution in [0.3, 0.4) is 0 Å². The zero-order valence-corrected chi connectivity index (χ0v) is 21.4. The lowest BCUT2D eigenvalue weighted by molar-refractivity contribution is 0.0526. The molecule has 3 aromatic rings. The Labute approximate surface area is 215 Å². The Morgan fingerprint density at radius 2 is 1.64 bits per heavy atom. The Bertz CT molecular complexity index is 1170. The standard InChI is InChI=1S/C24H19BrCl2N2O3S/c1-2-32-23(31)15-10-12-16(13-11-15)29(14-18-20(26)8-5-9-21(18)27)24(33)28-22(30)17-6-3-4-7-19(17)25/h3-13H,2,14H2,1H3,(H,28,30,33). The zero-order chi connectivity index (χ0) is 24.0. The maximum Gasteiger partial charge on any atom is 0.338 e. The van der Waals surface area contributed by atoms with Crippen molar-refractivity contribution in [2.45, 2.75) is 13.5 Å². The van der Waals surface area contributed by atoms with Gasteiger partial charge in [-0.25, -0.2) is 4.79 Å². The first-order valence-corrected chi connectivity index (χ1v) is 11.8. The summed E-state index contributed by atoms with van der Waals surface area (Å²) in [4.78, 5) is 26.5. The number of ether oxygens (including phenoxy) is 1. The van der Waals surface area contributed by atoms with Gasteiger partial charge in [0.1, 0.15) is 0 Å². The van der Waals surface area contributed by atoms with E-state index in [4.69, 9.17) is 40.2 Å². The highest BCUT2D eigenvalue weighted by Gasteiger charge is 2.20. The molecule has 0 aliphatic carbocycles. The molecule has 0 heterocycles. The Balaban J connectivity index is 1.93. The molecule has 0 aromatic heterocycles. The SMILES string of the molecule is CCOC(=O)c1ccc(N(Cc2c(Cl)cccc2Cl)C(=S)NC(=O)c2ccccc2Br)cc1. The van der Waals surface area contributed by atoms with Crippen LogP contribution in [-0.4, -0.2) is 23.6 Å². The molecule has 1 N–H and O–H groups in total.